The van der Waals surface area contributed by atoms with Crippen LogP contribution in [0.25, 0.3) is 0 Å². The van der Waals surface area contributed by atoms with Crippen molar-refractivity contribution in [2.75, 3.05) is 28.5 Å². The van der Waals surface area contributed by atoms with Gasteiger partial charge in [0, 0.05) is 6.07 Å². The van der Waals surface area contributed by atoms with Crippen molar-refractivity contribution < 1.29 is 26.3 Å². The summed E-state index contributed by atoms with van der Waals surface area (Å²) in [5.41, 5.74) is 0.673. The van der Waals surface area contributed by atoms with Crippen LogP contribution in [0, 0.1) is 0 Å². The lowest BCUT2D eigenvalue weighted by atomic mass is 10.2. The molecule has 0 aromatic heterocycles. The van der Waals surface area contributed by atoms with Crippen molar-refractivity contribution in [1.82, 2.24) is 0 Å². The van der Waals surface area contributed by atoms with E-state index in [-0.39, 0.29) is 28.7 Å². The zero-order valence-electron chi connectivity index (χ0n) is 15.7. The second-order valence-electron chi connectivity index (χ2n) is 6.30. The number of sulfonamides is 2. The summed E-state index contributed by atoms with van der Waals surface area (Å²) in [6.45, 7) is 3.48. The highest BCUT2D eigenvalue weighted by Gasteiger charge is 2.36. The van der Waals surface area contributed by atoms with Crippen molar-refractivity contribution in [2.45, 2.75) is 24.8 Å². The molecule has 0 amide bonds. The summed E-state index contributed by atoms with van der Waals surface area (Å²) in [7, 11) is -6.14. The largest absolute Gasteiger partial charge is 0.495 e. The first kappa shape index (κ1) is 20.3. The maximum atomic E-state index is 13.4. The Labute approximate surface area is 165 Å². The topological polar surface area (TPSA) is 102 Å². The first-order valence-corrected chi connectivity index (χ1v) is 11.7. The van der Waals surface area contributed by atoms with Gasteiger partial charge < -0.3 is 9.47 Å². The summed E-state index contributed by atoms with van der Waals surface area (Å²) in [5.74, 6) is 0.431. The van der Waals surface area contributed by atoms with Gasteiger partial charge in [0.2, 0.25) is 10.0 Å². The molecule has 1 aliphatic rings. The van der Waals surface area contributed by atoms with E-state index in [1.54, 1.807) is 31.2 Å². The number of hydrogen-bond donors (Lipinski definition) is 1. The van der Waals surface area contributed by atoms with Crippen molar-refractivity contribution in [3.05, 3.63) is 42.5 Å². The van der Waals surface area contributed by atoms with Gasteiger partial charge in [-0.3, -0.25) is 9.03 Å². The van der Waals surface area contributed by atoms with Crippen molar-refractivity contribution in [1.29, 1.82) is 0 Å². The number of anilines is 2. The Morgan fingerprint density at radius 1 is 1.18 bits per heavy atom. The lowest BCUT2D eigenvalue weighted by molar-refractivity contribution is 0.281. The van der Waals surface area contributed by atoms with E-state index < -0.39 is 26.1 Å². The molecule has 0 saturated heterocycles. The summed E-state index contributed by atoms with van der Waals surface area (Å²) in [4.78, 5) is -0.0574. The average molecular weight is 427 g/mol. The second-order valence-corrected chi connectivity index (χ2v) is 10.1. The summed E-state index contributed by atoms with van der Waals surface area (Å²) < 4.78 is 65.0. The predicted octanol–water partition coefficient (Wildman–Crippen LogP) is 2.43. The van der Waals surface area contributed by atoms with Crippen molar-refractivity contribution in [3.8, 4) is 11.5 Å². The first-order valence-electron chi connectivity index (χ1n) is 8.64. The highest BCUT2D eigenvalue weighted by atomic mass is 32.2. The Kier molecular flexibility index (Phi) is 5.44. The molecule has 1 aliphatic heterocycles. The van der Waals surface area contributed by atoms with E-state index in [1.807, 2.05) is 0 Å². The molecule has 2 aromatic rings. The van der Waals surface area contributed by atoms with Crippen LogP contribution in [0.2, 0.25) is 0 Å². The molecule has 8 nitrogen and oxygen atoms in total. The maximum Gasteiger partial charge on any atom is 0.268 e. The minimum atomic E-state index is -3.98. The zero-order valence-corrected chi connectivity index (χ0v) is 17.4. The molecule has 28 heavy (non-hydrogen) atoms. The van der Waals surface area contributed by atoms with Crippen LogP contribution in [0.1, 0.15) is 13.8 Å². The number of benzene rings is 2. The minimum Gasteiger partial charge on any atom is -0.495 e. The third-order valence-corrected chi connectivity index (χ3v) is 7.61. The lowest BCUT2D eigenvalue weighted by Gasteiger charge is -2.35. The Hall–Kier alpha value is -2.46. The van der Waals surface area contributed by atoms with Gasteiger partial charge in [-0.25, -0.2) is 16.8 Å². The standard InChI is InChI=1S/C18H22N2O6S2/c1-4-27(21,22)19-14-9-10-18(17(11-14)25-3)28(23,24)20-13(2)12-26-16-8-6-5-7-15(16)20/h5-11,13,19H,4,12H2,1-3H3. The molecule has 0 aliphatic carbocycles. The molecular formula is C18H22N2O6S2. The van der Waals surface area contributed by atoms with Gasteiger partial charge in [-0.1, -0.05) is 12.1 Å². The molecule has 0 fully saturated rings. The quantitative estimate of drug-likeness (QED) is 0.761. The monoisotopic (exact) mass is 426 g/mol. The number of fused-ring (bicyclic) bond motifs is 1. The van der Waals surface area contributed by atoms with Crippen LogP contribution in [0.4, 0.5) is 11.4 Å². The smallest absolute Gasteiger partial charge is 0.268 e. The third kappa shape index (κ3) is 3.74. The molecule has 2 aromatic carbocycles. The minimum absolute atomic E-state index is 0.0486. The van der Waals surface area contributed by atoms with E-state index in [0.29, 0.717) is 11.4 Å². The highest BCUT2D eigenvalue weighted by Crippen LogP contribution is 2.39. The van der Waals surface area contributed by atoms with Gasteiger partial charge in [-0.05, 0) is 38.1 Å². The predicted molar refractivity (Wildman–Crippen MR) is 107 cm³/mol. The van der Waals surface area contributed by atoms with Gasteiger partial charge in [-0.2, -0.15) is 0 Å². The molecule has 0 bridgehead atoms. The zero-order chi connectivity index (χ0) is 20.5. The number of nitrogens with one attached hydrogen (secondary N) is 1. The fourth-order valence-electron chi connectivity index (χ4n) is 2.95. The van der Waals surface area contributed by atoms with E-state index >= 15 is 0 Å². The van der Waals surface area contributed by atoms with Crippen LogP contribution in [0.15, 0.2) is 47.4 Å². The molecule has 1 N–H and O–H groups in total. The van der Waals surface area contributed by atoms with E-state index in [2.05, 4.69) is 4.72 Å². The molecule has 10 heteroatoms. The number of rotatable bonds is 6. The lowest BCUT2D eigenvalue weighted by Crippen LogP contribution is -2.45. The van der Waals surface area contributed by atoms with Gasteiger partial charge in [0.25, 0.3) is 10.0 Å². The highest BCUT2D eigenvalue weighted by molar-refractivity contribution is 7.93. The Balaban J connectivity index is 2.07. The van der Waals surface area contributed by atoms with E-state index in [4.69, 9.17) is 9.47 Å². The van der Waals surface area contributed by atoms with Crippen LogP contribution < -0.4 is 18.5 Å². The van der Waals surface area contributed by atoms with Crippen LogP contribution in [-0.4, -0.2) is 42.3 Å². The van der Waals surface area contributed by atoms with Gasteiger partial charge in [0.1, 0.15) is 23.0 Å². The normalized spacial score (nSPS) is 16.8. The van der Waals surface area contributed by atoms with Gasteiger partial charge in [-0.15, -0.1) is 0 Å². The molecule has 0 saturated carbocycles. The van der Waals surface area contributed by atoms with Crippen molar-refractivity contribution in [2.24, 2.45) is 0 Å². The van der Waals surface area contributed by atoms with E-state index in [0.717, 1.165) is 0 Å². The Morgan fingerprint density at radius 3 is 2.57 bits per heavy atom. The first-order chi connectivity index (χ1) is 13.2. The molecule has 3 rings (SSSR count). The van der Waals surface area contributed by atoms with E-state index in [9.17, 15) is 16.8 Å². The number of para-hydroxylation sites is 2. The van der Waals surface area contributed by atoms with E-state index in [1.165, 1.54) is 36.5 Å². The van der Waals surface area contributed by atoms with Gasteiger partial charge in [0.05, 0.1) is 30.3 Å². The number of hydrogen-bond acceptors (Lipinski definition) is 6. The number of methoxy groups -OCH3 is 1. The van der Waals surface area contributed by atoms with Crippen molar-refractivity contribution in [3.63, 3.8) is 0 Å². The van der Waals surface area contributed by atoms with Crippen LogP contribution in [-0.2, 0) is 20.0 Å². The number of ether oxygens (including phenoxy) is 2. The van der Waals surface area contributed by atoms with Crippen LogP contribution in [0.3, 0.4) is 0 Å². The molecule has 1 heterocycles. The molecule has 1 unspecified atom stereocenters. The summed E-state index contributed by atoms with van der Waals surface area (Å²) in [5, 5.41) is 0. The fraction of sp³-hybridized carbons (Fsp3) is 0.333. The fourth-order valence-corrected chi connectivity index (χ4v) is 5.37. The third-order valence-electron chi connectivity index (χ3n) is 4.34. The molecule has 152 valence electrons. The average Bonchev–Trinajstić information content (AvgIpc) is 2.67. The van der Waals surface area contributed by atoms with Crippen molar-refractivity contribution >= 4 is 31.4 Å². The SMILES string of the molecule is CCS(=O)(=O)Nc1ccc(S(=O)(=O)N2c3ccccc3OCC2C)c(OC)c1. The molecule has 1 atom stereocenters. The summed E-state index contributed by atoms with van der Waals surface area (Å²) in [6, 6.07) is 10.6. The molecule has 0 radical (unpaired) electrons. The summed E-state index contributed by atoms with van der Waals surface area (Å²) in [6.07, 6.45) is 0. The van der Waals surface area contributed by atoms with Crippen LogP contribution in [0.5, 0.6) is 11.5 Å². The Morgan fingerprint density at radius 2 is 1.89 bits per heavy atom. The number of nitrogens with zero attached hydrogens (tertiary/aromatic N) is 1. The second kappa shape index (κ2) is 7.51. The summed E-state index contributed by atoms with van der Waals surface area (Å²) >= 11 is 0. The van der Waals surface area contributed by atoms with Gasteiger partial charge >= 0.3 is 0 Å². The Bertz CT molecular complexity index is 1080. The molecule has 0 spiro atoms. The molecular weight excluding hydrogens is 404 g/mol. The van der Waals surface area contributed by atoms with Crippen LogP contribution >= 0.6 is 0 Å². The van der Waals surface area contributed by atoms with Gasteiger partial charge in [0.15, 0.2) is 0 Å². The maximum absolute atomic E-state index is 13.4.